The quantitative estimate of drug-likeness (QED) is 0.502. The number of hydrogen-bond donors (Lipinski definition) is 1. The number of hydrogen-bond acceptors (Lipinski definition) is 1. The van der Waals surface area contributed by atoms with Crippen molar-refractivity contribution < 1.29 is 4.39 Å². The van der Waals surface area contributed by atoms with Crippen molar-refractivity contribution in [1.82, 2.24) is 0 Å². The van der Waals surface area contributed by atoms with Crippen LogP contribution in [0.5, 0.6) is 0 Å². The van der Waals surface area contributed by atoms with E-state index in [-0.39, 0.29) is 6.67 Å². The first-order chi connectivity index (χ1) is 3.41. The lowest BCUT2D eigenvalue weighted by molar-refractivity contribution is 0.527. The SMILES string of the molecule is CC.CCF.CN. The first kappa shape index (κ1) is 15.8. The van der Waals surface area contributed by atoms with Gasteiger partial charge in [0, 0.05) is 0 Å². The largest absolute Gasteiger partial charge is 0.333 e. The molecule has 0 radical (unpaired) electrons. The molecule has 0 atom stereocenters. The highest BCUT2D eigenvalue weighted by atomic mass is 19.1. The molecule has 48 valence electrons. The van der Waals surface area contributed by atoms with Gasteiger partial charge in [-0.3, -0.25) is 4.39 Å². The van der Waals surface area contributed by atoms with E-state index < -0.39 is 0 Å². The maximum atomic E-state index is 10.3. The smallest absolute Gasteiger partial charge is 0.0866 e. The molecule has 0 aromatic rings. The molecule has 0 rings (SSSR count). The zero-order chi connectivity index (χ0) is 6.71. The Hall–Kier alpha value is -0.110. The van der Waals surface area contributed by atoms with Gasteiger partial charge >= 0.3 is 0 Å². The van der Waals surface area contributed by atoms with Gasteiger partial charge in [0.05, 0.1) is 6.67 Å². The van der Waals surface area contributed by atoms with Crippen LogP contribution in [0.2, 0.25) is 0 Å². The summed E-state index contributed by atoms with van der Waals surface area (Å²) in [6, 6.07) is 0. The minimum atomic E-state index is -0.250. The summed E-state index contributed by atoms with van der Waals surface area (Å²) in [6.07, 6.45) is 0. The molecule has 0 amide bonds. The second kappa shape index (κ2) is 178. The fourth-order valence-electron chi connectivity index (χ4n) is 0. The monoisotopic (exact) mass is 109 g/mol. The summed E-state index contributed by atoms with van der Waals surface area (Å²) in [7, 11) is 1.50. The van der Waals surface area contributed by atoms with E-state index in [9.17, 15) is 4.39 Å². The van der Waals surface area contributed by atoms with E-state index in [2.05, 4.69) is 5.73 Å². The maximum absolute atomic E-state index is 10.3. The van der Waals surface area contributed by atoms with Gasteiger partial charge in [0.1, 0.15) is 0 Å². The second-order valence-corrected chi connectivity index (χ2v) is 0.267. The summed E-state index contributed by atoms with van der Waals surface area (Å²) in [5.41, 5.74) is 4.50. The zero-order valence-electron chi connectivity index (χ0n) is 5.66. The van der Waals surface area contributed by atoms with Crippen molar-refractivity contribution in [2.45, 2.75) is 20.8 Å². The molecule has 0 unspecified atom stereocenters. The van der Waals surface area contributed by atoms with Gasteiger partial charge in [0.2, 0.25) is 0 Å². The molecule has 0 fully saturated rings. The van der Waals surface area contributed by atoms with E-state index >= 15 is 0 Å². The third-order valence-electron chi connectivity index (χ3n) is 0. The molecule has 0 heterocycles. The third-order valence-corrected chi connectivity index (χ3v) is 0. The van der Waals surface area contributed by atoms with Crippen molar-refractivity contribution in [3.05, 3.63) is 0 Å². The Kier molecular flexibility index (Phi) is 401. The molecular weight excluding hydrogens is 93.1 g/mol. The standard InChI is InChI=1S/C2H5F.C2H6.CH5N/c1-2-3;2*1-2/h2H2,1H3;1-2H3;2H2,1H3. The number of alkyl halides is 1. The van der Waals surface area contributed by atoms with E-state index in [1.54, 1.807) is 0 Å². The fraction of sp³-hybridized carbons (Fsp3) is 1.00. The Morgan fingerprint density at radius 2 is 1.29 bits per heavy atom. The molecule has 0 saturated heterocycles. The minimum Gasteiger partial charge on any atom is -0.333 e. The third kappa shape index (κ3) is 7370. The lowest BCUT2D eigenvalue weighted by Gasteiger charge is -1.45. The molecule has 2 N–H and O–H groups in total. The van der Waals surface area contributed by atoms with Gasteiger partial charge in [-0.15, -0.1) is 0 Å². The average Bonchev–Trinajstić information content (AvgIpc) is 1.78. The summed E-state index contributed by atoms with van der Waals surface area (Å²) >= 11 is 0. The lowest BCUT2D eigenvalue weighted by Crippen LogP contribution is -1.69. The zero-order valence-corrected chi connectivity index (χ0v) is 5.66. The molecule has 7 heavy (non-hydrogen) atoms. The van der Waals surface area contributed by atoms with Crippen LogP contribution in [0.15, 0.2) is 0 Å². The Balaban J connectivity index is -0.0000000360. The second-order valence-electron chi connectivity index (χ2n) is 0.267. The number of nitrogens with two attached hydrogens (primary N) is 1. The highest BCUT2D eigenvalue weighted by Crippen LogP contribution is 1.48. The first-order valence-corrected chi connectivity index (χ1v) is 2.55. The van der Waals surface area contributed by atoms with E-state index in [4.69, 9.17) is 0 Å². The van der Waals surface area contributed by atoms with E-state index in [0.29, 0.717) is 0 Å². The van der Waals surface area contributed by atoms with E-state index in [1.807, 2.05) is 13.8 Å². The molecule has 0 aliphatic carbocycles. The van der Waals surface area contributed by atoms with Gasteiger partial charge in [-0.2, -0.15) is 0 Å². The Labute approximate surface area is 45.7 Å². The van der Waals surface area contributed by atoms with Crippen molar-refractivity contribution in [2.24, 2.45) is 5.73 Å². The summed E-state index contributed by atoms with van der Waals surface area (Å²) in [5, 5.41) is 0. The number of rotatable bonds is 0. The molecule has 0 aromatic carbocycles. The molecule has 0 aromatic heterocycles. The molecule has 0 saturated carbocycles. The normalized spacial score (nSPS) is 4.29. The number of halogens is 1. The van der Waals surface area contributed by atoms with Gasteiger partial charge in [-0.05, 0) is 14.0 Å². The maximum Gasteiger partial charge on any atom is 0.0866 e. The van der Waals surface area contributed by atoms with Crippen LogP contribution in [0.3, 0.4) is 0 Å². The summed E-state index contributed by atoms with van der Waals surface area (Å²) in [6.45, 7) is 5.21. The minimum absolute atomic E-state index is 0.250. The van der Waals surface area contributed by atoms with Crippen molar-refractivity contribution in [2.75, 3.05) is 13.7 Å². The highest BCUT2D eigenvalue weighted by Gasteiger charge is 1.39. The summed E-state index contributed by atoms with van der Waals surface area (Å²) in [5.74, 6) is 0. The van der Waals surface area contributed by atoms with Crippen LogP contribution in [-0.2, 0) is 0 Å². The van der Waals surface area contributed by atoms with Crippen LogP contribution >= 0.6 is 0 Å². The molecular formula is C5H16FN. The van der Waals surface area contributed by atoms with Crippen molar-refractivity contribution >= 4 is 0 Å². The van der Waals surface area contributed by atoms with Crippen LogP contribution in [0.25, 0.3) is 0 Å². The predicted octanol–water partition coefficient (Wildman–Crippen LogP) is 1.58. The average molecular weight is 109 g/mol. The molecule has 0 bridgehead atoms. The molecule has 0 aliphatic heterocycles. The Bertz CT molecular complexity index is 8.04. The van der Waals surface area contributed by atoms with Gasteiger partial charge in [-0.1, -0.05) is 13.8 Å². The molecule has 0 aliphatic rings. The van der Waals surface area contributed by atoms with Gasteiger partial charge < -0.3 is 5.73 Å². The van der Waals surface area contributed by atoms with Crippen molar-refractivity contribution in [1.29, 1.82) is 0 Å². The Morgan fingerprint density at radius 3 is 1.29 bits per heavy atom. The van der Waals surface area contributed by atoms with Crippen molar-refractivity contribution in [3.8, 4) is 0 Å². The van der Waals surface area contributed by atoms with Crippen LogP contribution in [0, 0.1) is 0 Å². The summed E-state index contributed by atoms with van der Waals surface area (Å²) < 4.78 is 10.3. The molecule has 0 spiro atoms. The van der Waals surface area contributed by atoms with E-state index in [0.717, 1.165) is 0 Å². The van der Waals surface area contributed by atoms with Gasteiger partial charge in [0.15, 0.2) is 0 Å². The summed E-state index contributed by atoms with van der Waals surface area (Å²) in [4.78, 5) is 0. The molecule has 2 heteroatoms. The highest BCUT2D eigenvalue weighted by molar-refractivity contribution is 3.86. The van der Waals surface area contributed by atoms with Crippen LogP contribution in [0.4, 0.5) is 4.39 Å². The van der Waals surface area contributed by atoms with E-state index in [1.165, 1.54) is 14.0 Å². The van der Waals surface area contributed by atoms with Crippen LogP contribution < -0.4 is 5.73 Å². The predicted molar refractivity (Wildman–Crippen MR) is 33.1 cm³/mol. The molecule has 1 nitrogen and oxygen atoms in total. The fourth-order valence-corrected chi connectivity index (χ4v) is 0. The first-order valence-electron chi connectivity index (χ1n) is 2.55. The van der Waals surface area contributed by atoms with Gasteiger partial charge in [-0.25, -0.2) is 0 Å². The topological polar surface area (TPSA) is 26.0 Å². The Morgan fingerprint density at radius 1 is 1.29 bits per heavy atom. The van der Waals surface area contributed by atoms with Crippen LogP contribution in [-0.4, -0.2) is 13.7 Å². The van der Waals surface area contributed by atoms with Crippen LogP contribution in [0.1, 0.15) is 20.8 Å². The lowest BCUT2D eigenvalue weighted by atomic mass is 10.9. The van der Waals surface area contributed by atoms with Crippen molar-refractivity contribution in [3.63, 3.8) is 0 Å². The van der Waals surface area contributed by atoms with Gasteiger partial charge in [0.25, 0.3) is 0 Å².